The van der Waals surface area contributed by atoms with Crippen LogP contribution in [0, 0.1) is 0 Å². The molecule has 0 bridgehead atoms. The normalized spacial score (nSPS) is 12.8. The fourth-order valence-electron chi connectivity index (χ4n) is 1.95. The van der Waals surface area contributed by atoms with Gasteiger partial charge in [0.15, 0.2) is 0 Å². The average Bonchev–Trinajstić information content (AvgIpc) is 2.41. The fraction of sp³-hybridized carbons (Fsp3) is 0.500. The molecule has 0 heterocycles. The number of nitrogens with one attached hydrogen (secondary N) is 1. The number of carboxylic acids is 1. The molecular weight excluding hydrogens is 308 g/mol. The van der Waals surface area contributed by atoms with Crippen molar-refractivity contribution in [3.63, 3.8) is 0 Å². The smallest absolute Gasteiger partial charge is 0.407 e. The van der Waals surface area contributed by atoms with Crippen molar-refractivity contribution in [2.75, 3.05) is 6.54 Å². The summed E-state index contributed by atoms with van der Waals surface area (Å²) < 4.78 is 30.2. The highest BCUT2D eigenvalue weighted by molar-refractivity contribution is 5.69. The van der Waals surface area contributed by atoms with Crippen molar-refractivity contribution in [2.45, 2.75) is 45.1 Å². The van der Waals surface area contributed by atoms with Crippen LogP contribution in [0.1, 0.15) is 50.7 Å². The third-order valence-electron chi connectivity index (χ3n) is 2.97. The largest absolute Gasteiger partial charge is 0.481 e. The molecule has 0 aliphatic rings. The van der Waals surface area contributed by atoms with Gasteiger partial charge >= 0.3 is 12.1 Å². The number of benzene rings is 1. The van der Waals surface area contributed by atoms with Crippen LogP contribution in [0.15, 0.2) is 24.3 Å². The predicted octanol–water partition coefficient (Wildman–Crippen LogP) is 3.71. The van der Waals surface area contributed by atoms with Gasteiger partial charge in [0.05, 0.1) is 6.42 Å². The topological polar surface area (TPSA) is 75.6 Å². The van der Waals surface area contributed by atoms with Gasteiger partial charge in [0.1, 0.15) is 5.60 Å². The van der Waals surface area contributed by atoms with E-state index in [9.17, 15) is 18.4 Å². The van der Waals surface area contributed by atoms with Crippen molar-refractivity contribution in [3.8, 4) is 0 Å². The monoisotopic (exact) mass is 329 g/mol. The molecule has 1 amide bonds. The number of hydrogen-bond acceptors (Lipinski definition) is 3. The molecule has 0 aliphatic heterocycles. The van der Waals surface area contributed by atoms with Crippen LogP contribution >= 0.6 is 0 Å². The lowest BCUT2D eigenvalue weighted by atomic mass is 9.95. The van der Waals surface area contributed by atoms with Gasteiger partial charge in [-0.15, -0.1) is 0 Å². The maximum absolute atomic E-state index is 12.6. The SMILES string of the molecule is CC(C)(C)OC(=O)NCC(CC(=O)O)c1ccc(C(F)F)cc1. The summed E-state index contributed by atoms with van der Waals surface area (Å²) in [5.41, 5.74) is -0.235. The number of rotatable bonds is 6. The second-order valence-electron chi connectivity index (χ2n) is 6.14. The summed E-state index contributed by atoms with van der Waals surface area (Å²) in [4.78, 5) is 22.6. The summed E-state index contributed by atoms with van der Waals surface area (Å²) in [6.07, 6.45) is -3.47. The molecule has 128 valence electrons. The predicted molar refractivity (Wildman–Crippen MR) is 80.6 cm³/mol. The number of alkyl halides is 2. The lowest BCUT2D eigenvalue weighted by molar-refractivity contribution is -0.137. The molecule has 0 radical (unpaired) electrons. The summed E-state index contributed by atoms with van der Waals surface area (Å²) >= 11 is 0. The number of alkyl carbamates (subject to hydrolysis) is 1. The molecule has 5 nitrogen and oxygen atoms in total. The fourth-order valence-corrected chi connectivity index (χ4v) is 1.95. The number of hydrogen-bond donors (Lipinski definition) is 2. The summed E-state index contributed by atoms with van der Waals surface area (Å²) in [5, 5.41) is 11.5. The molecule has 0 fully saturated rings. The van der Waals surface area contributed by atoms with E-state index in [4.69, 9.17) is 9.84 Å². The Bertz CT molecular complexity index is 538. The maximum Gasteiger partial charge on any atom is 0.407 e. The van der Waals surface area contributed by atoms with Crippen LogP contribution in [0.4, 0.5) is 13.6 Å². The first-order chi connectivity index (χ1) is 10.6. The molecule has 0 aromatic heterocycles. The first kappa shape index (κ1) is 18.9. The molecule has 0 spiro atoms. The molecule has 1 atom stereocenters. The van der Waals surface area contributed by atoms with E-state index in [2.05, 4.69) is 5.32 Å². The molecule has 0 saturated heterocycles. The summed E-state index contributed by atoms with van der Waals surface area (Å²) in [6.45, 7) is 5.17. The zero-order chi connectivity index (χ0) is 17.6. The molecule has 7 heteroatoms. The zero-order valence-corrected chi connectivity index (χ0v) is 13.3. The molecule has 1 aromatic rings. The highest BCUT2D eigenvalue weighted by Crippen LogP contribution is 2.24. The molecule has 1 unspecified atom stereocenters. The zero-order valence-electron chi connectivity index (χ0n) is 13.3. The van der Waals surface area contributed by atoms with Crippen LogP contribution < -0.4 is 5.32 Å². The Hall–Kier alpha value is -2.18. The number of aliphatic carboxylic acids is 1. The van der Waals surface area contributed by atoms with E-state index < -0.39 is 30.0 Å². The molecular formula is C16H21F2NO4. The number of halogens is 2. The molecule has 1 aromatic carbocycles. The highest BCUT2D eigenvalue weighted by Gasteiger charge is 2.20. The Balaban J connectivity index is 2.76. The number of amides is 1. The summed E-state index contributed by atoms with van der Waals surface area (Å²) in [5.74, 6) is -1.58. The van der Waals surface area contributed by atoms with Crippen LogP contribution in [0.3, 0.4) is 0 Å². The maximum atomic E-state index is 12.6. The summed E-state index contributed by atoms with van der Waals surface area (Å²) in [6, 6.07) is 5.41. The number of ether oxygens (including phenoxy) is 1. The van der Waals surface area contributed by atoms with Crippen molar-refractivity contribution in [1.82, 2.24) is 5.32 Å². The Labute approximate surface area is 133 Å². The average molecular weight is 329 g/mol. The van der Waals surface area contributed by atoms with Crippen molar-refractivity contribution >= 4 is 12.1 Å². The van der Waals surface area contributed by atoms with E-state index >= 15 is 0 Å². The van der Waals surface area contributed by atoms with E-state index in [0.717, 1.165) is 0 Å². The number of carbonyl (C=O) groups excluding carboxylic acids is 1. The minimum atomic E-state index is -2.58. The van der Waals surface area contributed by atoms with Gasteiger partial charge in [0.2, 0.25) is 0 Å². The van der Waals surface area contributed by atoms with Crippen LogP contribution in [0.25, 0.3) is 0 Å². The minimum Gasteiger partial charge on any atom is -0.481 e. The first-order valence-corrected chi connectivity index (χ1v) is 7.15. The van der Waals surface area contributed by atoms with Crippen molar-refractivity contribution in [2.24, 2.45) is 0 Å². The molecule has 0 saturated carbocycles. The van der Waals surface area contributed by atoms with Gasteiger partial charge in [-0.05, 0) is 26.3 Å². The number of carbonyl (C=O) groups is 2. The van der Waals surface area contributed by atoms with Crippen molar-refractivity contribution in [1.29, 1.82) is 0 Å². The highest BCUT2D eigenvalue weighted by atomic mass is 19.3. The van der Waals surface area contributed by atoms with Gasteiger partial charge in [0, 0.05) is 18.0 Å². The van der Waals surface area contributed by atoms with Crippen LogP contribution in [-0.2, 0) is 9.53 Å². The summed E-state index contributed by atoms with van der Waals surface area (Å²) in [7, 11) is 0. The Kier molecular flexibility index (Phi) is 6.48. The first-order valence-electron chi connectivity index (χ1n) is 7.15. The quantitative estimate of drug-likeness (QED) is 0.834. The Morgan fingerprint density at radius 2 is 1.70 bits per heavy atom. The van der Waals surface area contributed by atoms with E-state index in [1.807, 2.05) is 0 Å². The Morgan fingerprint density at radius 3 is 2.13 bits per heavy atom. The van der Waals surface area contributed by atoms with E-state index in [-0.39, 0.29) is 18.5 Å². The van der Waals surface area contributed by atoms with E-state index in [1.165, 1.54) is 24.3 Å². The van der Waals surface area contributed by atoms with Crippen molar-refractivity contribution < 1.29 is 28.2 Å². The standard InChI is InChI=1S/C16H21F2NO4/c1-16(2,3)23-15(22)19-9-12(8-13(20)21)10-4-6-11(7-5-10)14(17)18/h4-7,12,14H,8-9H2,1-3H3,(H,19,22)(H,20,21). The molecule has 0 aliphatic carbocycles. The lowest BCUT2D eigenvalue weighted by Gasteiger charge is -2.21. The minimum absolute atomic E-state index is 0.0369. The van der Waals surface area contributed by atoms with E-state index in [1.54, 1.807) is 20.8 Å². The van der Waals surface area contributed by atoms with E-state index in [0.29, 0.717) is 5.56 Å². The van der Waals surface area contributed by atoms with Gasteiger partial charge in [-0.2, -0.15) is 0 Å². The third kappa shape index (κ3) is 7.08. The van der Waals surface area contributed by atoms with Gasteiger partial charge in [-0.3, -0.25) is 4.79 Å². The molecule has 2 N–H and O–H groups in total. The van der Waals surface area contributed by atoms with Gasteiger partial charge in [-0.1, -0.05) is 24.3 Å². The second kappa shape index (κ2) is 7.89. The Morgan fingerprint density at radius 1 is 1.17 bits per heavy atom. The van der Waals surface area contributed by atoms with Gasteiger partial charge in [0.25, 0.3) is 6.43 Å². The molecule has 23 heavy (non-hydrogen) atoms. The number of carboxylic acid groups (broad SMARTS) is 1. The van der Waals surface area contributed by atoms with Crippen molar-refractivity contribution in [3.05, 3.63) is 35.4 Å². The lowest BCUT2D eigenvalue weighted by Crippen LogP contribution is -2.35. The van der Waals surface area contributed by atoms with Gasteiger partial charge in [-0.25, -0.2) is 13.6 Å². The van der Waals surface area contributed by atoms with Crippen LogP contribution in [-0.4, -0.2) is 29.3 Å². The third-order valence-corrected chi connectivity index (χ3v) is 2.97. The van der Waals surface area contributed by atoms with Gasteiger partial charge < -0.3 is 15.2 Å². The molecule has 1 rings (SSSR count). The van der Waals surface area contributed by atoms with Crippen LogP contribution in [0.5, 0.6) is 0 Å². The van der Waals surface area contributed by atoms with Crippen LogP contribution in [0.2, 0.25) is 0 Å². The second-order valence-corrected chi connectivity index (χ2v) is 6.14.